The van der Waals surface area contributed by atoms with Crippen LogP contribution >= 0.6 is 0 Å². The molecule has 4 heteroatoms. The second kappa shape index (κ2) is 6.07. The number of carbonyl (C=O) groups excluding carboxylic acids is 2. The monoisotopic (exact) mass is 275 g/mol. The van der Waals surface area contributed by atoms with Crippen LogP contribution in [0.25, 0.3) is 0 Å². The number of hydrogen-bond acceptors (Lipinski definition) is 3. The molecule has 20 heavy (non-hydrogen) atoms. The van der Waals surface area contributed by atoms with E-state index < -0.39 is 0 Å². The number of likely N-dealkylation sites (tertiary alicyclic amines) is 1. The normalized spacial score (nSPS) is 18.4. The molecular weight excluding hydrogens is 254 g/mol. The van der Waals surface area contributed by atoms with Gasteiger partial charge in [0.15, 0.2) is 0 Å². The van der Waals surface area contributed by atoms with Gasteiger partial charge in [-0.3, -0.25) is 4.79 Å². The van der Waals surface area contributed by atoms with Crippen molar-refractivity contribution in [1.29, 1.82) is 0 Å². The highest BCUT2D eigenvalue weighted by atomic mass is 16.5. The second-order valence-electron chi connectivity index (χ2n) is 5.35. The van der Waals surface area contributed by atoms with Crippen LogP contribution in [-0.4, -0.2) is 36.5 Å². The van der Waals surface area contributed by atoms with Crippen molar-refractivity contribution < 1.29 is 14.3 Å². The minimum absolute atomic E-state index is 0.122. The lowest BCUT2D eigenvalue weighted by molar-refractivity contribution is -0.127. The summed E-state index contributed by atoms with van der Waals surface area (Å²) >= 11 is 0. The molecule has 2 rings (SSSR count). The van der Waals surface area contributed by atoms with Gasteiger partial charge in [0.05, 0.1) is 12.2 Å². The molecule has 1 saturated heterocycles. The molecule has 4 nitrogen and oxygen atoms in total. The zero-order chi connectivity index (χ0) is 14.7. The van der Waals surface area contributed by atoms with Crippen molar-refractivity contribution in [3.05, 3.63) is 34.9 Å². The Balaban J connectivity index is 1.93. The highest BCUT2D eigenvalue weighted by molar-refractivity contribution is 5.91. The van der Waals surface area contributed by atoms with E-state index in [1.54, 1.807) is 11.0 Å². The fourth-order valence-electron chi connectivity index (χ4n) is 2.51. The summed E-state index contributed by atoms with van der Waals surface area (Å²) in [7, 11) is 0. The van der Waals surface area contributed by atoms with E-state index in [-0.39, 0.29) is 17.8 Å². The number of ether oxygens (including phenoxy) is 1. The van der Waals surface area contributed by atoms with Crippen LogP contribution in [-0.2, 0) is 9.53 Å². The summed E-state index contributed by atoms with van der Waals surface area (Å²) < 4.78 is 5.37. The number of hydrogen-bond donors (Lipinski definition) is 0. The van der Waals surface area contributed by atoms with E-state index in [1.165, 1.54) is 0 Å². The lowest BCUT2D eigenvalue weighted by Crippen LogP contribution is -2.25. The summed E-state index contributed by atoms with van der Waals surface area (Å²) in [5, 5.41) is 0. The average molecular weight is 275 g/mol. The van der Waals surface area contributed by atoms with Crippen molar-refractivity contribution in [2.45, 2.75) is 27.2 Å². The Morgan fingerprint density at radius 3 is 2.80 bits per heavy atom. The molecule has 0 aromatic heterocycles. The molecule has 1 amide bonds. The molecule has 0 radical (unpaired) electrons. The van der Waals surface area contributed by atoms with Crippen molar-refractivity contribution in [2.75, 3.05) is 19.7 Å². The largest absolute Gasteiger partial charge is 0.462 e. The quantitative estimate of drug-likeness (QED) is 0.792. The third-order valence-corrected chi connectivity index (χ3v) is 3.95. The Morgan fingerprint density at radius 1 is 1.40 bits per heavy atom. The summed E-state index contributed by atoms with van der Waals surface area (Å²) in [4.78, 5) is 25.5. The van der Waals surface area contributed by atoms with Gasteiger partial charge < -0.3 is 9.64 Å². The van der Waals surface area contributed by atoms with Crippen LogP contribution in [0.2, 0.25) is 0 Å². The van der Waals surface area contributed by atoms with Crippen LogP contribution in [0.1, 0.15) is 34.8 Å². The van der Waals surface area contributed by atoms with Crippen LogP contribution in [0.5, 0.6) is 0 Å². The van der Waals surface area contributed by atoms with Crippen molar-refractivity contribution in [3.63, 3.8) is 0 Å². The first-order valence-electron chi connectivity index (χ1n) is 7.04. The minimum atomic E-state index is -0.298. The van der Waals surface area contributed by atoms with E-state index in [1.807, 2.05) is 32.9 Å². The van der Waals surface area contributed by atoms with Crippen molar-refractivity contribution in [3.8, 4) is 0 Å². The maximum Gasteiger partial charge on any atom is 0.338 e. The highest BCUT2D eigenvalue weighted by Gasteiger charge is 2.29. The van der Waals surface area contributed by atoms with Crippen LogP contribution in [0.15, 0.2) is 18.2 Å². The molecule has 1 aliphatic rings. The van der Waals surface area contributed by atoms with Gasteiger partial charge in [-0.15, -0.1) is 0 Å². The molecule has 1 atom stereocenters. The average Bonchev–Trinajstić information content (AvgIpc) is 2.79. The predicted molar refractivity (Wildman–Crippen MR) is 76.6 cm³/mol. The number of aryl methyl sites for hydroxylation is 1. The summed E-state index contributed by atoms with van der Waals surface area (Å²) in [5.74, 6) is -0.0228. The van der Waals surface area contributed by atoms with Crippen LogP contribution < -0.4 is 0 Å². The Kier molecular flexibility index (Phi) is 4.42. The van der Waals surface area contributed by atoms with Crippen LogP contribution in [0.4, 0.5) is 0 Å². The maximum atomic E-state index is 12.1. The molecule has 1 fully saturated rings. The van der Waals surface area contributed by atoms with Gasteiger partial charge in [-0.05, 0) is 38.0 Å². The molecule has 0 bridgehead atoms. The third-order valence-electron chi connectivity index (χ3n) is 3.95. The number of rotatable bonds is 4. The number of carbonyl (C=O) groups is 2. The number of esters is 1. The van der Waals surface area contributed by atoms with E-state index >= 15 is 0 Å². The molecule has 1 aromatic rings. The number of nitrogens with zero attached hydrogens (tertiary/aromatic N) is 1. The van der Waals surface area contributed by atoms with Gasteiger partial charge in [-0.2, -0.15) is 0 Å². The fraction of sp³-hybridized carbons (Fsp3) is 0.500. The Morgan fingerprint density at radius 2 is 2.15 bits per heavy atom. The van der Waals surface area contributed by atoms with Gasteiger partial charge in [0.2, 0.25) is 5.91 Å². The smallest absolute Gasteiger partial charge is 0.338 e. The Hall–Kier alpha value is -1.84. The number of amides is 1. The molecule has 0 N–H and O–H groups in total. The molecule has 0 unspecified atom stereocenters. The molecule has 108 valence electrons. The molecule has 0 aliphatic carbocycles. The SMILES string of the molecule is CCN1C[C@@H](COC(=O)c2cccc(C)c2C)CC1=O. The van der Waals surface area contributed by atoms with Crippen LogP contribution in [0, 0.1) is 19.8 Å². The van der Waals surface area contributed by atoms with Gasteiger partial charge >= 0.3 is 5.97 Å². The molecule has 1 heterocycles. The molecule has 0 spiro atoms. The first kappa shape index (κ1) is 14.6. The van der Waals surface area contributed by atoms with Crippen LogP contribution in [0.3, 0.4) is 0 Å². The minimum Gasteiger partial charge on any atom is -0.462 e. The molecule has 1 aliphatic heterocycles. The zero-order valence-electron chi connectivity index (χ0n) is 12.3. The van der Waals surface area contributed by atoms with E-state index in [9.17, 15) is 9.59 Å². The van der Waals surface area contributed by atoms with Crippen molar-refractivity contribution in [1.82, 2.24) is 4.90 Å². The van der Waals surface area contributed by atoms with Gasteiger partial charge in [-0.25, -0.2) is 4.79 Å². The highest BCUT2D eigenvalue weighted by Crippen LogP contribution is 2.19. The topological polar surface area (TPSA) is 46.6 Å². The maximum absolute atomic E-state index is 12.1. The van der Waals surface area contributed by atoms with E-state index in [0.717, 1.165) is 17.7 Å². The second-order valence-corrected chi connectivity index (χ2v) is 5.35. The summed E-state index contributed by atoms with van der Waals surface area (Å²) in [6.07, 6.45) is 0.480. The lowest BCUT2D eigenvalue weighted by atomic mass is 10.0. The van der Waals surface area contributed by atoms with Gasteiger partial charge in [0, 0.05) is 25.4 Å². The zero-order valence-corrected chi connectivity index (χ0v) is 12.3. The van der Waals surface area contributed by atoms with Gasteiger partial charge in [0.25, 0.3) is 0 Å². The lowest BCUT2D eigenvalue weighted by Gasteiger charge is -2.14. The van der Waals surface area contributed by atoms with Gasteiger partial charge in [0.1, 0.15) is 0 Å². The first-order chi connectivity index (χ1) is 9.52. The van der Waals surface area contributed by atoms with E-state index in [4.69, 9.17) is 4.74 Å². The first-order valence-corrected chi connectivity index (χ1v) is 7.04. The fourth-order valence-corrected chi connectivity index (χ4v) is 2.51. The number of benzene rings is 1. The predicted octanol–water partition coefficient (Wildman–Crippen LogP) is 2.33. The summed E-state index contributed by atoms with van der Waals surface area (Å²) in [6, 6.07) is 5.61. The molecular formula is C16H21NO3. The van der Waals surface area contributed by atoms with E-state index in [0.29, 0.717) is 25.1 Å². The van der Waals surface area contributed by atoms with Gasteiger partial charge in [-0.1, -0.05) is 12.1 Å². The standard InChI is InChI=1S/C16H21NO3/c1-4-17-9-13(8-15(17)18)10-20-16(19)14-7-5-6-11(2)12(14)3/h5-7,13H,4,8-10H2,1-3H3/t13-/m0/s1. The van der Waals surface area contributed by atoms with Crippen molar-refractivity contribution >= 4 is 11.9 Å². The van der Waals surface area contributed by atoms with Crippen molar-refractivity contribution in [2.24, 2.45) is 5.92 Å². The van der Waals surface area contributed by atoms with E-state index in [2.05, 4.69) is 0 Å². The summed E-state index contributed by atoms with van der Waals surface area (Å²) in [5.41, 5.74) is 2.64. The molecule has 1 aromatic carbocycles. The Labute approximate surface area is 119 Å². The summed E-state index contributed by atoms with van der Waals surface area (Å²) in [6.45, 7) is 7.58. The molecule has 0 saturated carbocycles. The Bertz CT molecular complexity index is 524. The third kappa shape index (κ3) is 3.00.